The van der Waals surface area contributed by atoms with E-state index in [2.05, 4.69) is 15.9 Å². The molecule has 2 rings (SSSR count). The van der Waals surface area contributed by atoms with E-state index in [1.54, 1.807) is 21.5 Å². The topological polar surface area (TPSA) is 26.9 Å². The zero-order valence-electron chi connectivity index (χ0n) is 8.87. The lowest BCUT2D eigenvalue weighted by atomic mass is 10.3. The van der Waals surface area contributed by atoms with Crippen LogP contribution in [0.4, 0.5) is 0 Å². The molecule has 16 heavy (non-hydrogen) atoms. The van der Waals surface area contributed by atoms with Crippen LogP contribution in [-0.4, -0.2) is 9.36 Å². The lowest BCUT2D eigenvalue weighted by Crippen LogP contribution is -2.19. The third-order valence-corrected chi connectivity index (χ3v) is 3.68. The Hall–Kier alpha value is -1.00. The summed E-state index contributed by atoms with van der Waals surface area (Å²) < 4.78 is 3.94. The number of halogens is 2. The van der Waals surface area contributed by atoms with Crippen molar-refractivity contribution in [1.29, 1.82) is 0 Å². The molecule has 0 fully saturated rings. The van der Waals surface area contributed by atoms with Gasteiger partial charge in [0.1, 0.15) is 4.47 Å². The van der Waals surface area contributed by atoms with E-state index in [0.29, 0.717) is 9.50 Å². The highest BCUT2D eigenvalue weighted by Gasteiger charge is 2.13. The Morgan fingerprint density at radius 1 is 1.38 bits per heavy atom. The summed E-state index contributed by atoms with van der Waals surface area (Å²) in [7, 11) is 1.84. The highest BCUT2D eigenvalue weighted by Crippen LogP contribution is 2.17. The van der Waals surface area contributed by atoms with Gasteiger partial charge in [0, 0.05) is 12.1 Å². The van der Waals surface area contributed by atoms with Gasteiger partial charge in [-0.3, -0.25) is 9.48 Å². The van der Waals surface area contributed by atoms with E-state index in [1.165, 1.54) is 0 Å². The predicted molar refractivity (Wildman–Crippen MR) is 68.5 cm³/mol. The average molecular weight is 302 g/mol. The molecule has 1 aromatic heterocycles. The van der Waals surface area contributed by atoms with Crippen LogP contribution in [0.5, 0.6) is 0 Å². The number of nitrogens with zero attached hydrogens (tertiary/aromatic N) is 2. The molecule has 0 aliphatic rings. The molecule has 0 saturated carbocycles. The first-order valence-electron chi connectivity index (χ1n) is 4.72. The summed E-state index contributed by atoms with van der Waals surface area (Å²) in [5, 5.41) is 0.611. The third kappa shape index (κ3) is 1.72. The Balaban J connectivity index is 2.75. The molecular formula is C11H10BrClN2O. The zero-order chi connectivity index (χ0) is 11.9. The zero-order valence-corrected chi connectivity index (χ0v) is 11.2. The van der Waals surface area contributed by atoms with E-state index in [4.69, 9.17) is 11.6 Å². The smallest absolute Gasteiger partial charge is 0.284 e. The van der Waals surface area contributed by atoms with Gasteiger partial charge in [-0.15, -0.1) is 0 Å². The maximum Gasteiger partial charge on any atom is 0.285 e. The van der Waals surface area contributed by atoms with E-state index < -0.39 is 0 Å². The van der Waals surface area contributed by atoms with E-state index in [9.17, 15) is 4.79 Å². The summed E-state index contributed by atoms with van der Waals surface area (Å²) in [6, 6.07) is 7.20. The maximum atomic E-state index is 12.0. The van der Waals surface area contributed by atoms with Crippen molar-refractivity contribution < 1.29 is 0 Å². The monoisotopic (exact) mass is 300 g/mol. The van der Waals surface area contributed by atoms with Crippen LogP contribution in [-0.2, 0) is 7.05 Å². The minimum atomic E-state index is -0.0812. The molecule has 2 aromatic rings. The molecule has 0 aliphatic carbocycles. The minimum Gasteiger partial charge on any atom is -0.284 e. The Morgan fingerprint density at radius 3 is 2.56 bits per heavy atom. The summed E-state index contributed by atoms with van der Waals surface area (Å²) in [6.45, 7) is 1.88. The number of rotatable bonds is 1. The van der Waals surface area contributed by atoms with Gasteiger partial charge in [0.2, 0.25) is 0 Å². The largest absolute Gasteiger partial charge is 0.285 e. The highest BCUT2D eigenvalue weighted by atomic mass is 79.9. The molecular weight excluding hydrogens is 291 g/mol. The molecule has 0 aliphatic heterocycles. The molecule has 5 heteroatoms. The molecule has 0 spiro atoms. The van der Waals surface area contributed by atoms with Gasteiger partial charge in [-0.2, -0.15) is 0 Å². The Labute approximate surface area is 106 Å². The van der Waals surface area contributed by atoms with Gasteiger partial charge in [-0.25, -0.2) is 4.68 Å². The standard InChI is InChI=1S/C11H10BrClN2O/c1-7-10(12)11(16)15(14(7)2)9-5-3-4-8(13)6-9/h3-6H,1-2H3. The third-order valence-electron chi connectivity index (χ3n) is 2.54. The first kappa shape index (κ1) is 11.5. The van der Waals surface area contributed by atoms with Gasteiger partial charge in [0.05, 0.1) is 11.4 Å². The molecule has 0 saturated heterocycles. The van der Waals surface area contributed by atoms with Crippen molar-refractivity contribution in [3.63, 3.8) is 0 Å². The van der Waals surface area contributed by atoms with Gasteiger partial charge in [-0.1, -0.05) is 17.7 Å². The van der Waals surface area contributed by atoms with Crippen molar-refractivity contribution in [3.8, 4) is 5.69 Å². The molecule has 3 nitrogen and oxygen atoms in total. The summed E-state index contributed by atoms with van der Waals surface area (Å²) in [6.07, 6.45) is 0. The SMILES string of the molecule is Cc1c(Br)c(=O)n(-c2cccc(Cl)c2)n1C. The molecule has 0 amide bonds. The number of benzene rings is 1. The van der Waals surface area contributed by atoms with Crippen LogP contribution >= 0.6 is 27.5 Å². The first-order valence-corrected chi connectivity index (χ1v) is 5.89. The van der Waals surface area contributed by atoms with Crippen molar-refractivity contribution >= 4 is 27.5 Å². The summed E-state index contributed by atoms with van der Waals surface area (Å²) >= 11 is 9.19. The number of hydrogen-bond acceptors (Lipinski definition) is 1. The average Bonchev–Trinajstić information content (AvgIpc) is 2.44. The second kappa shape index (κ2) is 4.11. The predicted octanol–water partition coefficient (Wildman–Crippen LogP) is 2.90. The van der Waals surface area contributed by atoms with Crippen LogP contribution in [0.3, 0.4) is 0 Å². The van der Waals surface area contributed by atoms with Crippen LogP contribution in [0.15, 0.2) is 33.5 Å². The van der Waals surface area contributed by atoms with Gasteiger partial charge in [-0.05, 0) is 41.1 Å². The molecule has 1 aromatic carbocycles. The molecule has 0 bridgehead atoms. The Kier molecular flexibility index (Phi) is 2.95. The molecule has 0 atom stereocenters. The Morgan fingerprint density at radius 2 is 2.06 bits per heavy atom. The lowest BCUT2D eigenvalue weighted by molar-refractivity contribution is 0.630. The molecule has 1 heterocycles. The second-order valence-corrected chi connectivity index (χ2v) is 4.75. The van der Waals surface area contributed by atoms with Gasteiger partial charge in [0.15, 0.2) is 0 Å². The first-order chi connectivity index (χ1) is 7.52. The van der Waals surface area contributed by atoms with Crippen LogP contribution < -0.4 is 5.56 Å². The van der Waals surface area contributed by atoms with Crippen molar-refractivity contribution in [2.24, 2.45) is 7.05 Å². The van der Waals surface area contributed by atoms with Crippen LogP contribution in [0.2, 0.25) is 5.02 Å². The summed E-state index contributed by atoms with van der Waals surface area (Å²) in [5.74, 6) is 0. The second-order valence-electron chi connectivity index (χ2n) is 3.52. The maximum absolute atomic E-state index is 12.0. The van der Waals surface area contributed by atoms with Gasteiger partial charge >= 0.3 is 0 Å². The molecule has 0 N–H and O–H groups in total. The van der Waals surface area contributed by atoms with Gasteiger partial charge in [0.25, 0.3) is 5.56 Å². The normalized spacial score (nSPS) is 10.8. The molecule has 0 radical (unpaired) electrons. The van der Waals surface area contributed by atoms with Crippen LogP contribution in [0.1, 0.15) is 5.69 Å². The fourth-order valence-electron chi connectivity index (χ4n) is 1.57. The molecule has 0 unspecified atom stereocenters. The van der Waals surface area contributed by atoms with Crippen molar-refractivity contribution in [3.05, 3.63) is 49.8 Å². The van der Waals surface area contributed by atoms with E-state index >= 15 is 0 Å². The number of hydrogen-bond donors (Lipinski definition) is 0. The Bertz CT molecular complexity index is 601. The van der Waals surface area contributed by atoms with Crippen molar-refractivity contribution in [2.45, 2.75) is 6.92 Å². The quantitative estimate of drug-likeness (QED) is 0.795. The van der Waals surface area contributed by atoms with E-state index in [-0.39, 0.29) is 5.56 Å². The minimum absolute atomic E-state index is 0.0812. The van der Waals surface area contributed by atoms with Crippen LogP contribution in [0.25, 0.3) is 5.69 Å². The number of aromatic nitrogens is 2. The lowest BCUT2D eigenvalue weighted by Gasteiger charge is -2.08. The molecule has 84 valence electrons. The highest BCUT2D eigenvalue weighted by molar-refractivity contribution is 9.10. The summed E-state index contributed by atoms with van der Waals surface area (Å²) in [4.78, 5) is 12.0. The van der Waals surface area contributed by atoms with E-state index in [0.717, 1.165) is 11.4 Å². The van der Waals surface area contributed by atoms with E-state index in [1.807, 2.05) is 26.1 Å². The van der Waals surface area contributed by atoms with Crippen molar-refractivity contribution in [1.82, 2.24) is 9.36 Å². The van der Waals surface area contributed by atoms with Gasteiger partial charge < -0.3 is 0 Å². The fourth-order valence-corrected chi connectivity index (χ4v) is 2.18. The van der Waals surface area contributed by atoms with Crippen LogP contribution in [0, 0.1) is 6.92 Å². The fraction of sp³-hybridized carbons (Fsp3) is 0.182. The van der Waals surface area contributed by atoms with Crippen molar-refractivity contribution in [2.75, 3.05) is 0 Å². The summed E-state index contributed by atoms with van der Waals surface area (Å²) in [5.41, 5.74) is 1.56.